The van der Waals surface area contributed by atoms with E-state index in [9.17, 15) is 4.79 Å². The molecule has 3 heterocycles. The molecular weight excluding hydrogens is 312 g/mol. The van der Waals surface area contributed by atoms with Gasteiger partial charge in [-0.1, -0.05) is 18.2 Å². The van der Waals surface area contributed by atoms with Gasteiger partial charge in [0.1, 0.15) is 5.82 Å². The van der Waals surface area contributed by atoms with Crippen molar-refractivity contribution >= 4 is 22.6 Å². The minimum absolute atomic E-state index is 0.0450. The Balaban J connectivity index is 1.65. The van der Waals surface area contributed by atoms with Crippen LogP contribution >= 0.6 is 0 Å². The normalized spacial score (nSPS) is 17.0. The summed E-state index contributed by atoms with van der Waals surface area (Å²) in [5, 5.41) is 4.05. The minimum atomic E-state index is 0.0450. The monoisotopic (exact) mass is 332 g/mol. The number of nitrogens with zero attached hydrogens (tertiary/aromatic N) is 3. The molecule has 1 atom stereocenters. The number of benzene rings is 1. The first-order valence-corrected chi connectivity index (χ1v) is 8.56. The van der Waals surface area contributed by atoms with Crippen molar-refractivity contribution < 1.29 is 4.79 Å². The molecule has 126 valence electrons. The summed E-state index contributed by atoms with van der Waals surface area (Å²) in [4.78, 5) is 23.7. The third kappa shape index (κ3) is 2.93. The van der Waals surface area contributed by atoms with Gasteiger partial charge < -0.3 is 10.2 Å². The van der Waals surface area contributed by atoms with Crippen molar-refractivity contribution in [3.63, 3.8) is 0 Å². The summed E-state index contributed by atoms with van der Waals surface area (Å²) in [7, 11) is 1.85. The molecule has 1 N–H and O–H groups in total. The molecule has 0 spiro atoms. The second kappa shape index (κ2) is 6.51. The van der Waals surface area contributed by atoms with Gasteiger partial charge in [-0.15, -0.1) is 0 Å². The molecule has 0 radical (unpaired) electrons. The summed E-state index contributed by atoms with van der Waals surface area (Å²) >= 11 is 0. The zero-order chi connectivity index (χ0) is 17.2. The molecule has 0 aliphatic carbocycles. The summed E-state index contributed by atoms with van der Waals surface area (Å²) in [6.07, 6.45) is 5.46. The number of hydrogen-bond acceptors (Lipinski definition) is 4. The smallest absolute Gasteiger partial charge is 0.255 e. The number of rotatable bonds is 3. The van der Waals surface area contributed by atoms with Crippen LogP contribution < -0.4 is 5.32 Å². The van der Waals surface area contributed by atoms with E-state index in [0.29, 0.717) is 5.56 Å². The van der Waals surface area contributed by atoms with Gasteiger partial charge in [0.25, 0.3) is 5.91 Å². The van der Waals surface area contributed by atoms with Gasteiger partial charge in [-0.2, -0.15) is 0 Å². The Morgan fingerprint density at radius 1 is 1.20 bits per heavy atom. The molecule has 2 aromatic heterocycles. The van der Waals surface area contributed by atoms with Crippen molar-refractivity contribution in [2.45, 2.75) is 18.9 Å². The number of likely N-dealkylation sites (tertiary alicyclic amines) is 1. The van der Waals surface area contributed by atoms with Gasteiger partial charge in [0.2, 0.25) is 0 Å². The number of nitrogens with one attached hydrogen (secondary N) is 1. The SMILES string of the molecule is CNc1cc(C2CCCN2C(=O)c2cnc3ccccc3c2)ccn1. The van der Waals surface area contributed by atoms with Gasteiger partial charge in [0, 0.05) is 31.4 Å². The van der Waals surface area contributed by atoms with E-state index in [2.05, 4.69) is 15.3 Å². The van der Waals surface area contributed by atoms with Crippen molar-refractivity contribution in [2.75, 3.05) is 18.9 Å². The number of aromatic nitrogens is 2. The number of amides is 1. The number of para-hydroxylation sites is 1. The molecule has 1 aliphatic heterocycles. The van der Waals surface area contributed by atoms with Crippen molar-refractivity contribution in [3.8, 4) is 0 Å². The van der Waals surface area contributed by atoms with Crippen LogP contribution in [-0.4, -0.2) is 34.4 Å². The van der Waals surface area contributed by atoms with Crippen LogP contribution in [0, 0.1) is 0 Å². The van der Waals surface area contributed by atoms with E-state index in [1.807, 2.05) is 54.4 Å². The molecule has 1 aliphatic rings. The van der Waals surface area contributed by atoms with Crippen LogP contribution in [0.5, 0.6) is 0 Å². The quantitative estimate of drug-likeness (QED) is 0.795. The van der Waals surface area contributed by atoms with Gasteiger partial charge in [-0.25, -0.2) is 4.98 Å². The lowest BCUT2D eigenvalue weighted by atomic mass is 10.0. The highest BCUT2D eigenvalue weighted by atomic mass is 16.2. The summed E-state index contributed by atoms with van der Waals surface area (Å²) in [5.41, 5.74) is 2.68. The molecule has 1 amide bonds. The van der Waals surface area contributed by atoms with Gasteiger partial charge in [-0.3, -0.25) is 9.78 Å². The number of pyridine rings is 2. The van der Waals surface area contributed by atoms with Crippen LogP contribution in [0.3, 0.4) is 0 Å². The fraction of sp³-hybridized carbons (Fsp3) is 0.250. The standard InChI is InChI=1S/C20H20N4O/c1-21-19-12-15(8-9-22-19)18-7-4-10-24(18)20(25)16-11-14-5-2-3-6-17(14)23-13-16/h2-3,5-6,8-9,11-13,18H,4,7,10H2,1H3,(H,21,22). The molecule has 1 aromatic carbocycles. The highest BCUT2D eigenvalue weighted by Gasteiger charge is 2.31. The number of hydrogen-bond donors (Lipinski definition) is 1. The molecule has 0 saturated carbocycles. The zero-order valence-electron chi connectivity index (χ0n) is 14.1. The molecule has 1 fully saturated rings. The summed E-state index contributed by atoms with van der Waals surface area (Å²) in [6, 6.07) is 13.9. The third-order valence-electron chi connectivity index (χ3n) is 4.78. The van der Waals surface area contributed by atoms with Gasteiger partial charge in [0.05, 0.1) is 17.1 Å². The Hall–Kier alpha value is -2.95. The fourth-order valence-corrected chi connectivity index (χ4v) is 3.50. The summed E-state index contributed by atoms with van der Waals surface area (Å²) < 4.78 is 0. The van der Waals surface area contributed by atoms with Gasteiger partial charge in [-0.05, 0) is 42.7 Å². The number of carbonyl (C=O) groups excluding carboxylic acids is 1. The van der Waals surface area contributed by atoms with Crippen molar-refractivity contribution in [2.24, 2.45) is 0 Å². The second-order valence-electron chi connectivity index (χ2n) is 6.30. The van der Waals surface area contributed by atoms with Crippen LogP contribution in [0.15, 0.2) is 54.9 Å². The van der Waals surface area contributed by atoms with Crippen LogP contribution in [0.25, 0.3) is 10.9 Å². The van der Waals surface area contributed by atoms with E-state index in [-0.39, 0.29) is 11.9 Å². The van der Waals surface area contributed by atoms with E-state index in [1.54, 1.807) is 12.4 Å². The van der Waals surface area contributed by atoms with Crippen molar-refractivity contribution in [3.05, 3.63) is 66.0 Å². The van der Waals surface area contributed by atoms with Crippen LogP contribution in [0.2, 0.25) is 0 Å². The van der Waals surface area contributed by atoms with E-state index >= 15 is 0 Å². The van der Waals surface area contributed by atoms with E-state index in [0.717, 1.165) is 41.7 Å². The highest BCUT2D eigenvalue weighted by Crippen LogP contribution is 2.33. The third-order valence-corrected chi connectivity index (χ3v) is 4.78. The molecule has 4 rings (SSSR count). The van der Waals surface area contributed by atoms with Gasteiger partial charge >= 0.3 is 0 Å². The lowest BCUT2D eigenvalue weighted by molar-refractivity contribution is 0.0735. The lowest BCUT2D eigenvalue weighted by Gasteiger charge is -2.25. The van der Waals surface area contributed by atoms with E-state index < -0.39 is 0 Å². The maximum atomic E-state index is 13.1. The molecule has 5 heteroatoms. The van der Waals surface area contributed by atoms with E-state index in [4.69, 9.17) is 0 Å². The Morgan fingerprint density at radius 3 is 2.96 bits per heavy atom. The van der Waals surface area contributed by atoms with E-state index in [1.165, 1.54) is 0 Å². The summed E-state index contributed by atoms with van der Waals surface area (Å²) in [5.74, 6) is 0.868. The Labute approximate surface area is 146 Å². The first-order valence-electron chi connectivity index (χ1n) is 8.56. The first kappa shape index (κ1) is 15.6. The molecule has 0 bridgehead atoms. The topological polar surface area (TPSA) is 58.1 Å². The lowest BCUT2D eigenvalue weighted by Crippen LogP contribution is -2.30. The Bertz CT molecular complexity index is 924. The molecule has 5 nitrogen and oxygen atoms in total. The van der Waals surface area contributed by atoms with Crippen LogP contribution in [0.4, 0.5) is 5.82 Å². The molecule has 1 unspecified atom stereocenters. The van der Waals surface area contributed by atoms with Crippen LogP contribution in [0.1, 0.15) is 34.8 Å². The molecule has 1 saturated heterocycles. The summed E-state index contributed by atoms with van der Waals surface area (Å²) in [6.45, 7) is 0.771. The predicted octanol–water partition coefficient (Wildman–Crippen LogP) is 3.65. The minimum Gasteiger partial charge on any atom is -0.373 e. The number of fused-ring (bicyclic) bond motifs is 1. The first-order chi connectivity index (χ1) is 12.3. The molecule has 25 heavy (non-hydrogen) atoms. The predicted molar refractivity (Wildman–Crippen MR) is 98.5 cm³/mol. The maximum absolute atomic E-state index is 13.1. The number of anilines is 1. The van der Waals surface area contributed by atoms with Gasteiger partial charge in [0.15, 0.2) is 0 Å². The second-order valence-corrected chi connectivity index (χ2v) is 6.30. The average Bonchev–Trinajstić information content (AvgIpc) is 3.17. The molecular formula is C20H20N4O. The zero-order valence-corrected chi connectivity index (χ0v) is 14.1. The average molecular weight is 332 g/mol. The Kier molecular flexibility index (Phi) is 4.06. The van der Waals surface area contributed by atoms with Crippen molar-refractivity contribution in [1.82, 2.24) is 14.9 Å². The maximum Gasteiger partial charge on any atom is 0.255 e. The van der Waals surface area contributed by atoms with Crippen LogP contribution in [-0.2, 0) is 0 Å². The highest BCUT2D eigenvalue weighted by molar-refractivity contribution is 5.97. The largest absolute Gasteiger partial charge is 0.373 e. The van der Waals surface area contributed by atoms with Crippen molar-refractivity contribution in [1.29, 1.82) is 0 Å². The molecule has 3 aromatic rings. The number of carbonyl (C=O) groups is 1. The fourth-order valence-electron chi connectivity index (χ4n) is 3.50. The Morgan fingerprint density at radius 2 is 2.08 bits per heavy atom.